The minimum Gasteiger partial charge on any atom is -0.489 e. The number of hydrogen-bond donors (Lipinski definition) is 2. The van der Waals surface area contributed by atoms with Crippen LogP contribution in [0.25, 0.3) is 0 Å². The van der Waals surface area contributed by atoms with Crippen LogP contribution in [0, 0.1) is 0 Å². The Morgan fingerprint density at radius 2 is 2.07 bits per heavy atom. The van der Waals surface area contributed by atoms with Crippen molar-refractivity contribution < 1.29 is 14.9 Å². The molecule has 1 aromatic carbocycles. The van der Waals surface area contributed by atoms with Crippen molar-refractivity contribution in [2.75, 3.05) is 6.61 Å². The second-order valence-corrected chi connectivity index (χ2v) is 2.86. The van der Waals surface area contributed by atoms with Gasteiger partial charge in [-0.3, -0.25) is 0 Å². The van der Waals surface area contributed by atoms with Crippen LogP contribution >= 0.6 is 0 Å². The maximum atomic E-state index is 9.01. The third kappa shape index (κ3) is 2.58. The highest BCUT2D eigenvalue weighted by Crippen LogP contribution is 2.20. The molecule has 3 heteroatoms. The summed E-state index contributed by atoms with van der Waals surface area (Å²) in [6.07, 6.45) is 1.63. The number of hydrogen-bond acceptors (Lipinski definition) is 3. The molecule has 0 aliphatic carbocycles. The van der Waals surface area contributed by atoms with Crippen molar-refractivity contribution in [2.45, 2.75) is 13.2 Å². The van der Waals surface area contributed by atoms with Crippen LogP contribution in [0.15, 0.2) is 30.9 Å². The zero-order valence-electron chi connectivity index (χ0n) is 7.94. The van der Waals surface area contributed by atoms with Crippen molar-refractivity contribution in [1.82, 2.24) is 0 Å². The van der Waals surface area contributed by atoms with Gasteiger partial charge in [0, 0.05) is 5.56 Å². The van der Waals surface area contributed by atoms with E-state index < -0.39 is 0 Å². The first kappa shape index (κ1) is 10.8. The van der Waals surface area contributed by atoms with Crippen LogP contribution in [0.3, 0.4) is 0 Å². The Balaban J connectivity index is 2.89. The molecule has 0 unspecified atom stereocenters. The Morgan fingerprint density at radius 1 is 1.29 bits per heavy atom. The van der Waals surface area contributed by atoms with Crippen molar-refractivity contribution in [3.8, 4) is 5.75 Å². The van der Waals surface area contributed by atoms with Gasteiger partial charge in [0.25, 0.3) is 0 Å². The summed E-state index contributed by atoms with van der Waals surface area (Å²) in [7, 11) is 0. The first-order valence-electron chi connectivity index (χ1n) is 4.39. The molecule has 1 aromatic rings. The molecule has 0 radical (unpaired) electrons. The molecule has 0 aromatic heterocycles. The molecule has 1 rings (SSSR count). The van der Waals surface area contributed by atoms with E-state index in [0.717, 1.165) is 5.56 Å². The van der Waals surface area contributed by atoms with Crippen LogP contribution in [-0.4, -0.2) is 16.8 Å². The van der Waals surface area contributed by atoms with Crippen LogP contribution in [0.4, 0.5) is 0 Å². The number of ether oxygens (including phenoxy) is 1. The van der Waals surface area contributed by atoms with Crippen LogP contribution in [0.2, 0.25) is 0 Å². The Morgan fingerprint density at radius 3 is 2.64 bits per heavy atom. The Labute approximate surface area is 83.3 Å². The van der Waals surface area contributed by atoms with E-state index in [0.29, 0.717) is 17.9 Å². The number of benzene rings is 1. The van der Waals surface area contributed by atoms with Gasteiger partial charge in [-0.05, 0) is 11.6 Å². The molecule has 0 bridgehead atoms. The van der Waals surface area contributed by atoms with E-state index in [1.54, 1.807) is 24.3 Å². The van der Waals surface area contributed by atoms with E-state index in [-0.39, 0.29) is 13.2 Å². The lowest BCUT2D eigenvalue weighted by Gasteiger charge is -2.09. The highest BCUT2D eigenvalue weighted by molar-refractivity contribution is 5.37. The minimum absolute atomic E-state index is 0.0316. The molecule has 0 saturated heterocycles. The van der Waals surface area contributed by atoms with E-state index in [9.17, 15) is 0 Å². The summed E-state index contributed by atoms with van der Waals surface area (Å²) in [5.41, 5.74) is 1.48. The van der Waals surface area contributed by atoms with Crippen LogP contribution in [0.1, 0.15) is 11.1 Å². The molecule has 0 spiro atoms. The maximum absolute atomic E-state index is 9.01. The van der Waals surface area contributed by atoms with Gasteiger partial charge in [-0.25, -0.2) is 0 Å². The van der Waals surface area contributed by atoms with Gasteiger partial charge in [0.1, 0.15) is 12.4 Å². The summed E-state index contributed by atoms with van der Waals surface area (Å²) in [6, 6.07) is 5.21. The molecule has 2 N–H and O–H groups in total. The Hall–Kier alpha value is -1.32. The fourth-order valence-electron chi connectivity index (χ4n) is 1.11. The molecule has 0 heterocycles. The largest absolute Gasteiger partial charge is 0.489 e. The third-order valence-corrected chi connectivity index (χ3v) is 1.84. The van der Waals surface area contributed by atoms with Gasteiger partial charge in [-0.15, -0.1) is 0 Å². The van der Waals surface area contributed by atoms with Crippen molar-refractivity contribution in [3.63, 3.8) is 0 Å². The third-order valence-electron chi connectivity index (χ3n) is 1.84. The molecule has 0 saturated carbocycles. The summed E-state index contributed by atoms with van der Waals surface area (Å²) in [5.74, 6) is 0.596. The molecular formula is C11H14O3. The molecule has 76 valence electrons. The molecule has 14 heavy (non-hydrogen) atoms. The molecule has 0 atom stereocenters. The summed E-state index contributed by atoms with van der Waals surface area (Å²) < 4.78 is 5.33. The van der Waals surface area contributed by atoms with E-state index in [1.807, 2.05) is 0 Å². The molecule has 0 fully saturated rings. The quantitative estimate of drug-likeness (QED) is 0.693. The van der Waals surface area contributed by atoms with Gasteiger partial charge in [0.05, 0.1) is 13.2 Å². The van der Waals surface area contributed by atoms with Crippen molar-refractivity contribution in [3.05, 3.63) is 42.0 Å². The number of aliphatic hydroxyl groups is 2. The Bertz CT molecular complexity index is 307. The first-order chi connectivity index (χ1) is 6.81. The lowest BCUT2D eigenvalue weighted by molar-refractivity contribution is 0.266. The predicted octanol–water partition coefficient (Wildman–Crippen LogP) is 1.24. The molecular weight excluding hydrogens is 180 g/mol. The normalized spacial score (nSPS) is 9.86. The number of rotatable bonds is 5. The van der Waals surface area contributed by atoms with Gasteiger partial charge in [0.2, 0.25) is 0 Å². The second kappa shape index (κ2) is 5.42. The molecule has 0 amide bonds. The topological polar surface area (TPSA) is 49.7 Å². The lowest BCUT2D eigenvalue weighted by Crippen LogP contribution is -1.98. The minimum atomic E-state index is -0.0712. The smallest absolute Gasteiger partial charge is 0.125 e. The predicted molar refractivity (Wildman–Crippen MR) is 54.0 cm³/mol. The standard InChI is InChI=1S/C11H14O3/c1-2-5-14-11-6-9(7-12)3-4-10(11)8-13/h2-4,6,12-13H,1,5,7-8H2. The molecule has 0 aliphatic heterocycles. The van der Waals surface area contributed by atoms with Gasteiger partial charge in [0.15, 0.2) is 0 Å². The van der Waals surface area contributed by atoms with Crippen molar-refractivity contribution >= 4 is 0 Å². The van der Waals surface area contributed by atoms with E-state index >= 15 is 0 Å². The fourth-order valence-corrected chi connectivity index (χ4v) is 1.11. The van der Waals surface area contributed by atoms with Gasteiger partial charge in [-0.1, -0.05) is 24.8 Å². The Kier molecular flexibility index (Phi) is 4.16. The summed E-state index contributed by atoms with van der Waals surface area (Å²) in [4.78, 5) is 0. The van der Waals surface area contributed by atoms with Crippen molar-refractivity contribution in [2.24, 2.45) is 0 Å². The highest BCUT2D eigenvalue weighted by Gasteiger charge is 2.03. The second-order valence-electron chi connectivity index (χ2n) is 2.86. The monoisotopic (exact) mass is 194 g/mol. The molecule has 3 nitrogen and oxygen atoms in total. The maximum Gasteiger partial charge on any atom is 0.125 e. The van der Waals surface area contributed by atoms with E-state index in [2.05, 4.69) is 6.58 Å². The van der Waals surface area contributed by atoms with Crippen LogP contribution in [-0.2, 0) is 13.2 Å². The van der Waals surface area contributed by atoms with Gasteiger partial charge < -0.3 is 14.9 Å². The zero-order valence-corrected chi connectivity index (χ0v) is 7.94. The summed E-state index contributed by atoms with van der Waals surface area (Å²) in [5, 5.41) is 17.9. The summed E-state index contributed by atoms with van der Waals surface area (Å²) in [6.45, 7) is 3.82. The van der Waals surface area contributed by atoms with Crippen molar-refractivity contribution in [1.29, 1.82) is 0 Å². The first-order valence-corrected chi connectivity index (χ1v) is 4.39. The number of aliphatic hydroxyl groups excluding tert-OH is 2. The van der Waals surface area contributed by atoms with Crippen LogP contribution < -0.4 is 4.74 Å². The molecule has 0 aliphatic rings. The average molecular weight is 194 g/mol. The SMILES string of the molecule is C=CCOc1cc(CO)ccc1CO. The zero-order chi connectivity index (χ0) is 10.4. The van der Waals surface area contributed by atoms with Gasteiger partial charge in [-0.2, -0.15) is 0 Å². The highest BCUT2D eigenvalue weighted by atomic mass is 16.5. The van der Waals surface area contributed by atoms with Gasteiger partial charge >= 0.3 is 0 Å². The lowest BCUT2D eigenvalue weighted by atomic mass is 10.1. The van der Waals surface area contributed by atoms with E-state index in [4.69, 9.17) is 14.9 Å². The van der Waals surface area contributed by atoms with Crippen LogP contribution in [0.5, 0.6) is 5.75 Å². The van der Waals surface area contributed by atoms with E-state index in [1.165, 1.54) is 0 Å². The summed E-state index contributed by atoms with van der Waals surface area (Å²) >= 11 is 0. The average Bonchev–Trinajstić information content (AvgIpc) is 2.25. The fraction of sp³-hybridized carbons (Fsp3) is 0.273.